The highest BCUT2D eigenvalue weighted by molar-refractivity contribution is 7.17. The van der Waals surface area contributed by atoms with Crippen molar-refractivity contribution in [2.75, 3.05) is 27.8 Å². The fourth-order valence-electron chi connectivity index (χ4n) is 3.48. The van der Waals surface area contributed by atoms with Gasteiger partial charge in [0.1, 0.15) is 21.4 Å². The Hall–Kier alpha value is -2.35. The molecule has 0 radical (unpaired) electrons. The Morgan fingerprint density at radius 2 is 2.10 bits per heavy atom. The van der Waals surface area contributed by atoms with Crippen LogP contribution in [0.2, 0.25) is 5.02 Å². The SMILES string of the molecule is COC1=CCC(CN(C)NC(=O)c2sc(-c3ccc(Cl)cc3OC)nc2C)C=C1C. The lowest BCUT2D eigenvalue weighted by Gasteiger charge is -2.25. The molecule has 0 spiro atoms. The molecule has 1 aromatic carbocycles. The maximum absolute atomic E-state index is 12.9. The molecular weight excluding hydrogens is 422 g/mol. The number of aryl methyl sites for hydroxylation is 1. The Morgan fingerprint density at radius 3 is 2.77 bits per heavy atom. The molecule has 0 bridgehead atoms. The normalized spacial score (nSPS) is 16.2. The van der Waals surface area contributed by atoms with E-state index in [1.807, 2.05) is 32.0 Å². The van der Waals surface area contributed by atoms with Crippen molar-refractivity contribution < 1.29 is 14.3 Å². The molecule has 1 unspecified atom stereocenters. The number of methoxy groups -OCH3 is 2. The van der Waals surface area contributed by atoms with E-state index in [0.29, 0.717) is 33.8 Å². The van der Waals surface area contributed by atoms with E-state index in [0.717, 1.165) is 28.3 Å². The van der Waals surface area contributed by atoms with Gasteiger partial charge in [0.2, 0.25) is 0 Å². The van der Waals surface area contributed by atoms with Gasteiger partial charge in [-0.25, -0.2) is 9.99 Å². The van der Waals surface area contributed by atoms with Gasteiger partial charge < -0.3 is 9.47 Å². The molecule has 160 valence electrons. The molecule has 1 N–H and O–H groups in total. The van der Waals surface area contributed by atoms with Crippen LogP contribution in [0.1, 0.15) is 28.7 Å². The van der Waals surface area contributed by atoms with Gasteiger partial charge in [0, 0.05) is 18.6 Å². The van der Waals surface area contributed by atoms with Crippen LogP contribution in [0.15, 0.2) is 41.7 Å². The number of hydrazine groups is 1. The van der Waals surface area contributed by atoms with Crippen LogP contribution in [0.3, 0.4) is 0 Å². The highest BCUT2D eigenvalue weighted by atomic mass is 35.5. The molecule has 0 saturated heterocycles. The van der Waals surface area contributed by atoms with Crippen molar-refractivity contribution in [1.29, 1.82) is 0 Å². The molecule has 1 aromatic heterocycles. The Bertz CT molecular complexity index is 1000. The fourth-order valence-corrected chi connectivity index (χ4v) is 4.63. The van der Waals surface area contributed by atoms with Gasteiger partial charge in [-0.3, -0.25) is 10.2 Å². The van der Waals surface area contributed by atoms with E-state index in [4.69, 9.17) is 21.1 Å². The number of thiazole rings is 1. The number of nitrogens with zero attached hydrogens (tertiary/aromatic N) is 2. The predicted molar refractivity (Wildman–Crippen MR) is 121 cm³/mol. The number of hydrogen-bond acceptors (Lipinski definition) is 6. The third-order valence-corrected chi connectivity index (χ3v) is 6.32. The molecule has 1 heterocycles. The maximum atomic E-state index is 12.9. The molecule has 0 saturated carbocycles. The number of carbonyl (C=O) groups is 1. The molecule has 1 aliphatic carbocycles. The fraction of sp³-hybridized carbons (Fsp3) is 0.364. The molecule has 6 nitrogen and oxygen atoms in total. The Kier molecular flexibility index (Phi) is 7.18. The lowest BCUT2D eigenvalue weighted by atomic mass is 9.95. The number of rotatable bonds is 7. The largest absolute Gasteiger partial charge is 0.497 e. The van der Waals surface area contributed by atoms with E-state index in [2.05, 4.69) is 22.6 Å². The number of benzene rings is 1. The number of ether oxygens (including phenoxy) is 2. The number of hydrogen-bond donors (Lipinski definition) is 1. The highest BCUT2D eigenvalue weighted by Crippen LogP contribution is 2.36. The van der Waals surface area contributed by atoms with E-state index in [1.165, 1.54) is 11.3 Å². The van der Waals surface area contributed by atoms with E-state index in [-0.39, 0.29) is 5.91 Å². The summed E-state index contributed by atoms with van der Waals surface area (Å²) < 4.78 is 10.8. The molecule has 30 heavy (non-hydrogen) atoms. The highest BCUT2D eigenvalue weighted by Gasteiger charge is 2.21. The summed E-state index contributed by atoms with van der Waals surface area (Å²) in [6.45, 7) is 4.57. The monoisotopic (exact) mass is 447 g/mol. The Balaban J connectivity index is 1.69. The van der Waals surface area contributed by atoms with Gasteiger partial charge in [0.25, 0.3) is 5.91 Å². The minimum absolute atomic E-state index is 0.170. The molecule has 3 rings (SSSR count). The minimum Gasteiger partial charge on any atom is -0.497 e. The predicted octanol–water partition coefficient (Wildman–Crippen LogP) is 4.85. The lowest BCUT2D eigenvalue weighted by molar-refractivity contribution is 0.0818. The zero-order chi connectivity index (χ0) is 21.8. The molecule has 1 amide bonds. The second kappa shape index (κ2) is 9.64. The standard InChI is InChI=1S/C22H26ClN3O3S/c1-13-10-15(6-9-18(13)28-4)12-26(3)25-21(27)20-14(2)24-22(30-20)17-8-7-16(23)11-19(17)29-5/h7-11,15H,6,12H2,1-5H3,(H,25,27). The lowest BCUT2D eigenvalue weighted by Crippen LogP contribution is -2.41. The number of halogens is 1. The quantitative estimate of drug-likeness (QED) is 0.614. The van der Waals surface area contributed by atoms with Crippen LogP contribution < -0.4 is 10.2 Å². The van der Waals surface area contributed by atoms with Crippen molar-refractivity contribution in [3.63, 3.8) is 0 Å². The van der Waals surface area contributed by atoms with E-state index >= 15 is 0 Å². The summed E-state index contributed by atoms with van der Waals surface area (Å²) in [6.07, 6.45) is 5.15. The second-order valence-corrected chi connectivity index (χ2v) is 8.65. The summed E-state index contributed by atoms with van der Waals surface area (Å²) in [5, 5.41) is 3.13. The van der Waals surface area contributed by atoms with Gasteiger partial charge in [0.15, 0.2) is 0 Å². The maximum Gasteiger partial charge on any atom is 0.277 e. The van der Waals surface area contributed by atoms with Gasteiger partial charge in [-0.05, 0) is 56.0 Å². The molecule has 1 atom stereocenters. The summed E-state index contributed by atoms with van der Waals surface area (Å²) >= 11 is 7.39. The van der Waals surface area contributed by atoms with Crippen LogP contribution in [0, 0.1) is 12.8 Å². The van der Waals surface area contributed by atoms with E-state index in [9.17, 15) is 4.79 Å². The van der Waals surface area contributed by atoms with Gasteiger partial charge in [-0.15, -0.1) is 11.3 Å². The van der Waals surface area contributed by atoms with Crippen molar-refractivity contribution >= 4 is 28.8 Å². The third kappa shape index (κ3) is 5.03. The molecular formula is C22H26ClN3O3S. The van der Waals surface area contributed by atoms with Gasteiger partial charge in [-0.1, -0.05) is 17.7 Å². The van der Waals surface area contributed by atoms with Crippen LogP contribution in [0.5, 0.6) is 5.75 Å². The van der Waals surface area contributed by atoms with Crippen LogP contribution in [-0.2, 0) is 4.74 Å². The number of amides is 1. The average molecular weight is 448 g/mol. The van der Waals surface area contributed by atoms with Crippen LogP contribution in [0.25, 0.3) is 10.6 Å². The Labute approximate surface area is 186 Å². The zero-order valence-electron chi connectivity index (χ0n) is 17.8. The second-order valence-electron chi connectivity index (χ2n) is 7.22. The smallest absolute Gasteiger partial charge is 0.277 e. The van der Waals surface area contributed by atoms with Crippen molar-refractivity contribution in [1.82, 2.24) is 15.4 Å². The molecule has 0 aliphatic heterocycles. The van der Waals surface area contributed by atoms with Crippen molar-refractivity contribution in [2.24, 2.45) is 5.92 Å². The number of carbonyl (C=O) groups excluding carboxylic acids is 1. The molecule has 2 aromatic rings. The summed E-state index contributed by atoms with van der Waals surface area (Å²) in [7, 11) is 5.14. The number of aromatic nitrogens is 1. The average Bonchev–Trinajstić information content (AvgIpc) is 3.09. The first-order valence-electron chi connectivity index (χ1n) is 9.58. The zero-order valence-corrected chi connectivity index (χ0v) is 19.4. The summed E-state index contributed by atoms with van der Waals surface area (Å²) in [5.74, 6) is 1.69. The van der Waals surface area contributed by atoms with Crippen LogP contribution >= 0.6 is 22.9 Å². The van der Waals surface area contributed by atoms with Crippen LogP contribution in [0.4, 0.5) is 0 Å². The first-order valence-corrected chi connectivity index (χ1v) is 10.8. The summed E-state index contributed by atoms with van der Waals surface area (Å²) in [4.78, 5) is 18.0. The van der Waals surface area contributed by atoms with Crippen LogP contribution in [-0.4, -0.2) is 43.7 Å². The number of nitrogens with one attached hydrogen (secondary N) is 1. The van der Waals surface area contributed by atoms with E-state index in [1.54, 1.807) is 26.4 Å². The topological polar surface area (TPSA) is 63.7 Å². The first kappa shape index (κ1) is 22.3. The molecule has 0 fully saturated rings. The Morgan fingerprint density at radius 1 is 1.33 bits per heavy atom. The van der Waals surface area contributed by atoms with Gasteiger partial charge in [-0.2, -0.15) is 0 Å². The minimum atomic E-state index is -0.170. The van der Waals surface area contributed by atoms with Crippen molar-refractivity contribution in [2.45, 2.75) is 20.3 Å². The van der Waals surface area contributed by atoms with Crippen molar-refractivity contribution in [3.05, 3.63) is 57.3 Å². The van der Waals surface area contributed by atoms with E-state index < -0.39 is 0 Å². The van der Waals surface area contributed by atoms with Gasteiger partial charge >= 0.3 is 0 Å². The summed E-state index contributed by atoms with van der Waals surface area (Å²) in [6, 6.07) is 5.38. The first-order chi connectivity index (χ1) is 14.3. The summed E-state index contributed by atoms with van der Waals surface area (Å²) in [5.41, 5.74) is 5.57. The molecule has 1 aliphatic rings. The van der Waals surface area contributed by atoms with Gasteiger partial charge in [0.05, 0.1) is 25.5 Å². The van der Waals surface area contributed by atoms with Crippen molar-refractivity contribution in [3.8, 4) is 16.3 Å². The third-order valence-electron chi connectivity index (χ3n) is 4.90. The number of allylic oxidation sites excluding steroid dienone is 2. The molecule has 8 heteroatoms.